The molecule has 74 valence electrons. The van der Waals surface area contributed by atoms with E-state index in [1.54, 1.807) is 0 Å². The zero-order valence-electron chi connectivity index (χ0n) is 7.25. The third-order valence-electron chi connectivity index (χ3n) is 2.25. The van der Waals surface area contributed by atoms with E-state index in [1.165, 1.54) is 0 Å². The molecule has 1 unspecified atom stereocenters. The Kier molecular flexibility index (Phi) is 3.69. The van der Waals surface area contributed by atoms with E-state index >= 15 is 0 Å². The molecule has 3 N–H and O–H groups in total. The zero-order chi connectivity index (χ0) is 9.84. The van der Waals surface area contributed by atoms with E-state index in [9.17, 15) is 9.59 Å². The molecule has 4 nitrogen and oxygen atoms in total. The minimum absolute atomic E-state index is 0.00202. The van der Waals surface area contributed by atoms with Gasteiger partial charge in [0, 0.05) is 12.5 Å². The number of amides is 1. The van der Waals surface area contributed by atoms with Gasteiger partial charge in [0.15, 0.2) is 5.78 Å². The summed E-state index contributed by atoms with van der Waals surface area (Å²) in [6.07, 6.45) is 1.18. The lowest BCUT2D eigenvalue weighted by molar-refractivity contribution is -0.123. The second kappa shape index (κ2) is 4.58. The maximum atomic E-state index is 11.1. The molecule has 1 rings (SSSR count). The first-order valence-electron chi connectivity index (χ1n) is 4.27. The highest BCUT2D eigenvalue weighted by atomic mass is 35.5. The molecule has 1 saturated heterocycles. The van der Waals surface area contributed by atoms with Gasteiger partial charge in [-0.1, -0.05) is 0 Å². The number of halogens is 1. The van der Waals surface area contributed by atoms with Crippen LogP contribution in [-0.4, -0.2) is 30.2 Å². The van der Waals surface area contributed by atoms with Crippen molar-refractivity contribution >= 4 is 23.3 Å². The predicted octanol–water partition coefficient (Wildman–Crippen LogP) is -0.352. The Bertz CT molecular complexity index is 220. The second-order valence-electron chi connectivity index (χ2n) is 3.22. The van der Waals surface area contributed by atoms with Gasteiger partial charge in [-0.3, -0.25) is 9.59 Å². The molecule has 5 heteroatoms. The molecule has 0 saturated carbocycles. The molecule has 13 heavy (non-hydrogen) atoms. The predicted molar refractivity (Wildman–Crippen MR) is 49.4 cm³/mol. The largest absolute Gasteiger partial charge is 0.356 e. The average Bonchev–Trinajstić information content (AvgIpc) is 2.50. The Hall–Kier alpha value is -0.610. The van der Waals surface area contributed by atoms with E-state index in [1.807, 2.05) is 0 Å². The summed E-state index contributed by atoms with van der Waals surface area (Å²) in [7, 11) is 0. The fraction of sp³-hybridized carbons (Fsp3) is 0.750. The number of rotatable bonds is 4. The van der Waals surface area contributed by atoms with Crippen molar-refractivity contribution < 1.29 is 9.59 Å². The smallest absolute Gasteiger partial charge is 0.223 e. The van der Waals surface area contributed by atoms with Gasteiger partial charge in [0.05, 0.1) is 11.9 Å². The molecule has 1 fully saturated rings. The minimum Gasteiger partial charge on any atom is -0.356 e. The minimum atomic E-state index is -0.591. The number of nitrogens with one attached hydrogen (secondary N) is 1. The molecule has 0 bridgehead atoms. The quantitative estimate of drug-likeness (QED) is 0.615. The van der Waals surface area contributed by atoms with Gasteiger partial charge in [0.25, 0.3) is 0 Å². The van der Waals surface area contributed by atoms with Crippen LogP contribution >= 0.6 is 11.6 Å². The Labute approximate surface area is 81.8 Å². The summed E-state index contributed by atoms with van der Waals surface area (Å²) >= 11 is 5.34. The van der Waals surface area contributed by atoms with Gasteiger partial charge in [-0.15, -0.1) is 11.6 Å². The highest BCUT2D eigenvalue weighted by molar-refractivity contribution is 6.28. The van der Waals surface area contributed by atoms with Crippen LogP contribution in [0, 0.1) is 5.92 Å². The van der Waals surface area contributed by atoms with Crippen molar-refractivity contribution in [1.29, 1.82) is 0 Å². The maximum Gasteiger partial charge on any atom is 0.223 e. The summed E-state index contributed by atoms with van der Waals surface area (Å²) in [6.45, 7) is 0.686. The molecule has 0 aromatic heterocycles. The second-order valence-corrected chi connectivity index (χ2v) is 3.49. The Morgan fingerprint density at radius 3 is 2.92 bits per heavy atom. The molecular weight excluding hydrogens is 192 g/mol. The molecule has 1 amide bonds. The van der Waals surface area contributed by atoms with Crippen LogP contribution in [0.4, 0.5) is 0 Å². The fourth-order valence-corrected chi connectivity index (χ4v) is 1.61. The van der Waals surface area contributed by atoms with Crippen molar-refractivity contribution in [2.24, 2.45) is 11.7 Å². The van der Waals surface area contributed by atoms with Gasteiger partial charge in [-0.2, -0.15) is 0 Å². The lowest BCUT2D eigenvalue weighted by Gasteiger charge is -2.11. The van der Waals surface area contributed by atoms with Gasteiger partial charge in [0.1, 0.15) is 0 Å². The molecule has 1 aliphatic rings. The molecule has 0 aliphatic carbocycles. The third-order valence-corrected chi connectivity index (χ3v) is 2.51. The summed E-state index contributed by atoms with van der Waals surface area (Å²) in [5.74, 6) is -0.378. The zero-order valence-corrected chi connectivity index (χ0v) is 8.01. The SMILES string of the molecule is NC(C[C@@H]1CCNC1=O)C(=O)CCl. The van der Waals surface area contributed by atoms with Crippen LogP contribution in [0.25, 0.3) is 0 Å². The van der Waals surface area contributed by atoms with E-state index in [0.717, 1.165) is 6.42 Å². The number of carbonyl (C=O) groups is 2. The van der Waals surface area contributed by atoms with Crippen molar-refractivity contribution in [2.75, 3.05) is 12.4 Å². The molecule has 2 atom stereocenters. The maximum absolute atomic E-state index is 11.1. The summed E-state index contributed by atoms with van der Waals surface area (Å²) in [4.78, 5) is 22.1. The lowest BCUT2D eigenvalue weighted by atomic mass is 9.97. The highest BCUT2D eigenvalue weighted by Crippen LogP contribution is 2.15. The van der Waals surface area contributed by atoms with Crippen LogP contribution in [0.1, 0.15) is 12.8 Å². The number of carbonyl (C=O) groups excluding carboxylic acids is 2. The molecule has 1 aliphatic heterocycles. The van der Waals surface area contributed by atoms with Gasteiger partial charge in [0.2, 0.25) is 5.91 Å². The van der Waals surface area contributed by atoms with Gasteiger partial charge in [-0.25, -0.2) is 0 Å². The molecule has 0 aromatic rings. The Morgan fingerprint density at radius 1 is 1.77 bits per heavy atom. The van der Waals surface area contributed by atoms with Crippen LogP contribution in [0.3, 0.4) is 0 Å². The summed E-state index contributed by atoms with van der Waals surface area (Å²) in [5, 5.41) is 2.69. The summed E-state index contributed by atoms with van der Waals surface area (Å²) in [6, 6.07) is -0.591. The molecule has 1 heterocycles. The monoisotopic (exact) mass is 204 g/mol. The van der Waals surface area contributed by atoms with Crippen LogP contribution in [-0.2, 0) is 9.59 Å². The van der Waals surface area contributed by atoms with Crippen molar-refractivity contribution in [3.8, 4) is 0 Å². The Morgan fingerprint density at radius 2 is 2.46 bits per heavy atom. The summed E-state index contributed by atoms with van der Waals surface area (Å²) < 4.78 is 0. The number of hydrogen-bond donors (Lipinski definition) is 2. The third kappa shape index (κ3) is 2.67. The van der Waals surface area contributed by atoms with Crippen LogP contribution < -0.4 is 11.1 Å². The van der Waals surface area contributed by atoms with Crippen LogP contribution in [0.5, 0.6) is 0 Å². The molecule has 0 spiro atoms. The van der Waals surface area contributed by atoms with E-state index in [-0.39, 0.29) is 23.5 Å². The van der Waals surface area contributed by atoms with Crippen LogP contribution in [0.15, 0.2) is 0 Å². The normalized spacial score (nSPS) is 24.2. The average molecular weight is 205 g/mol. The molecule has 0 radical (unpaired) electrons. The standard InChI is InChI=1S/C8H13ClN2O2/c9-4-7(12)6(10)3-5-1-2-11-8(5)13/h5-6H,1-4,10H2,(H,11,13)/t5-,6?/m0/s1. The number of nitrogens with two attached hydrogens (primary N) is 1. The van der Waals surface area contributed by atoms with E-state index < -0.39 is 6.04 Å². The Balaban J connectivity index is 2.39. The number of alkyl halides is 1. The van der Waals surface area contributed by atoms with Gasteiger partial charge in [-0.05, 0) is 12.8 Å². The molecule has 0 aromatic carbocycles. The topological polar surface area (TPSA) is 72.2 Å². The van der Waals surface area contributed by atoms with E-state index in [0.29, 0.717) is 13.0 Å². The van der Waals surface area contributed by atoms with Crippen molar-refractivity contribution in [3.63, 3.8) is 0 Å². The number of ketones is 1. The number of hydrogen-bond acceptors (Lipinski definition) is 3. The lowest BCUT2D eigenvalue weighted by Crippen LogP contribution is -2.35. The van der Waals surface area contributed by atoms with Crippen LogP contribution in [0.2, 0.25) is 0 Å². The molecular formula is C8H13ClN2O2. The van der Waals surface area contributed by atoms with Gasteiger partial charge >= 0.3 is 0 Å². The first kappa shape index (κ1) is 10.5. The van der Waals surface area contributed by atoms with Gasteiger partial charge < -0.3 is 11.1 Å². The first-order chi connectivity index (χ1) is 6.15. The fourth-order valence-electron chi connectivity index (χ4n) is 1.41. The first-order valence-corrected chi connectivity index (χ1v) is 4.80. The van der Waals surface area contributed by atoms with Crippen molar-refractivity contribution in [2.45, 2.75) is 18.9 Å². The van der Waals surface area contributed by atoms with E-state index in [2.05, 4.69) is 5.32 Å². The number of Topliss-reactive ketones (excluding diaryl/α,β-unsaturated/α-hetero) is 1. The highest BCUT2D eigenvalue weighted by Gasteiger charge is 2.27. The van der Waals surface area contributed by atoms with Crippen molar-refractivity contribution in [3.05, 3.63) is 0 Å². The summed E-state index contributed by atoms with van der Waals surface area (Å²) in [5.41, 5.74) is 5.56. The van der Waals surface area contributed by atoms with Crippen molar-refractivity contribution in [1.82, 2.24) is 5.32 Å². The van der Waals surface area contributed by atoms with E-state index in [4.69, 9.17) is 17.3 Å².